The summed E-state index contributed by atoms with van der Waals surface area (Å²) < 4.78 is 10.5. The van der Waals surface area contributed by atoms with E-state index in [0.717, 1.165) is 42.2 Å². The van der Waals surface area contributed by atoms with Gasteiger partial charge in [0.2, 0.25) is 5.91 Å². The van der Waals surface area contributed by atoms with E-state index in [-0.39, 0.29) is 18.4 Å². The van der Waals surface area contributed by atoms with Gasteiger partial charge in [0.15, 0.2) is 5.17 Å². The lowest BCUT2D eigenvalue weighted by Crippen LogP contribution is -2.43. The summed E-state index contributed by atoms with van der Waals surface area (Å²) in [4.78, 5) is 34.7. The largest absolute Gasteiger partial charge is 0.497 e. The Bertz CT molecular complexity index is 1020. The van der Waals surface area contributed by atoms with Crippen molar-refractivity contribution in [2.75, 3.05) is 20.8 Å². The van der Waals surface area contributed by atoms with E-state index in [4.69, 9.17) is 9.47 Å². The molecule has 1 aromatic rings. The second-order valence-corrected chi connectivity index (χ2v) is 9.11. The number of benzene rings is 1. The Morgan fingerprint density at radius 3 is 2.78 bits per heavy atom. The monoisotopic (exact) mass is 455 g/mol. The zero-order valence-electron chi connectivity index (χ0n) is 19.0. The van der Waals surface area contributed by atoms with Gasteiger partial charge in [0.1, 0.15) is 5.75 Å². The third-order valence-electron chi connectivity index (χ3n) is 6.27. The molecule has 0 N–H and O–H groups in total. The molecule has 32 heavy (non-hydrogen) atoms. The smallest absolute Gasteiger partial charge is 0.338 e. The number of methoxy groups -OCH3 is 2. The fourth-order valence-electron chi connectivity index (χ4n) is 4.59. The summed E-state index contributed by atoms with van der Waals surface area (Å²) in [5, 5.41) is 2.74. The molecule has 3 heterocycles. The Hall–Kier alpha value is -2.74. The lowest BCUT2D eigenvalue weighted by Gasteiger charge is -2.38. The number of amidine groups is 1. The van der Waals surface area contributed by atoms with E-state index < -0.39 is 12.0 Å². The Morgan fingerprint density at radius 1 is 1.25 bits per heavy atom. The Kier molecular flexibility index (Phi) is 6.60. The SMILES string of the molecule is COC(=O)C1=C(C)N=C2SC=C(CC(=O)N3CCCC[C@@H]3C)N2[C@H]1c1cccc(OC)c1. The van der Waals surface area contributed by atoms with Crippen LogP contribution in [-0.2, 0) is 14.3 Å². The van der Waals surface area contributed by atoms with Gasteiger partial charge in [0.05, 0.1) is 38.0 Å². The first-order valence-corrected chi connectivity index (χ1v) is 11.8. The first kappa shape index (κ1) is 22.5. The molecule has 0 saturated carbocycles. The number of ether oxygens (including phenoxy) is 2. The predicted octanol–water partition coefficient (Wildman–Crippen LogP) is 4.23. The maximum absolute atomic E-state index is 13.2. The number of allylic oxidation sites excluding steroid dienone is 1. The Balaban J connectivity index is 1.70. The molecule has 3 aliphatic heterocycles. The van der Waals surface area contributed by atoms with Crippen LogP contribution in [-0.4, -0.2) is 53.7 Å². The number of nitrogens with zero attached hydrogens (tertiary/aromatic N) is 3. The number of fused-ring (bicyclic) bond motifs is 1. The number of piperidine rings is 1. The normalized spacial score (nSPS) is 22.9. The van der Waals surface area contributed by atoms with Gasteiger partial charge in [-0.3, -0.25) is 4.79 Å². The van der Waals surface area contributed by atoms with Crippen molar-refractivity contribution in [3.63, 3.8) is 0 Å². The minimum atomic E-state index is -0.446. The quantitative estimate of drug-likeness (QED) is 0.619. The van der Waals surface area contributed by atoms with E-state index in [1.54, 1.807) is 7.11 Å². The van der Waals surface area contributed by atoms with E-state index >= 15 is 0 Å². The number of hydrogen-bond donors (Lipinski definition) is 0. The first-order chi connectivity index (χ1) is 15.4. The molecular weight excluding hydrogens is 426 g/mol. The molecule has 0 aromatic heterocycles. The van der Waals surface area contributed by atoms with Crippen LogP contribution in [0.15, 0.2) is 51.6 Å². The summed E-state index contributed by atoms with van der Waals surface area (Å²) in [6, 6.07) is 7.45. The van der Waals surface area contributed by atoms with Crippen LogP contribution in [0.3, 0.4) is 0 Å². The summed E-state index contributed by atoms with van der Waals surface area (Å²) in [6.45, 7) is 4.74. The van der Waals surface area contributed by atoms with Gasteiger partial charge in [0, 0.05) is 18.3 Å². The molecular formula is C24H29N3O4S. The number of aliphatic imine (C=N–C) groups is 1. The number of esters is 1. The summed E-state index contributed by atoms with van der Waals surface area (Å²) in [6.07, 6.45) is 3.51. The zero-order valence-corrected chi connectivity index (χ0v) is 19.8. The molecule has 4 rings (SSSR count). The topological polar surface area (TPSA) is 71.4 Å². The number of likely N-dealkylation sites (tertiary alicyclic amines) is 1. The number of carbonyl (C=O) groups is 2. The van der Waals surface area contributed by atoms with Gasteiger partial charge in [-0.05, 0) is 56.2 Å². The van der Waals surface area contributed by atoms with E-state index in [1.165, 1.54) is 18.9 Å². The molecule has 2 atom stereocenters. The highest BCUT2D eigenvalue weighted by Crippen LogP contribution is 2.45. The standard InChI is InChI=1S/C24H29N3O4S/c1-15-8-5-6-11-26(15)20(28)13-18-14-32-24-25-16(2)21(23(29)31-4)22(27(18)24)17-9-7-10-19(12-17)30-3/h7,9-10,12,14-15,22H,5-6,8,11,13H2,1-4H3/t15-,22-/m0/s1. The molecule has 0 bridgehead atoms. The molecule has 0 aliphatic carbocycles. The highest BCUT2D eigenvalue weighted by molar-refractivity contribution is 8.16. The maximum atomic E-state index is 13.2. The zero-order chi connectivity index (χ0) is 22.8. The summed E-state index contributed by atoms with van der Waals surface area (Å²) in [5.74, 6) is 0.384. The van der Waals surface area contributed by atoms with Crippen LogP contribution in [0.5, 0.6) is 5.75 Å². The number of thioether (sulfide) groups is 1. The number of hydrogen-bond acceptors (Lipinski definition) is 7. The Morgan fingerprint density at radius 2 is 2.06 bits per heavy atom. The van der Waals surface area contributed by atoms with Crippen molar-refractivity contribution in [2.24, 2.45) is 4.99 Å². The number of carbonyl (C=O) groups excluding carboxylic acids is 2. The van der Waals surface area contributed by atoms with Gasteiger partial charge >= 0.3 is 5.97 Å². The molecule has 7 nitrogen and oxygen atoms in total. The van der Waals surface area contributed by atoms with Crippen molar-refractivity contribution >= 4 is 28.8 Å². The molecule has 1 aromatic carbocycles. The van der Waals surface area contributed by atoms with Gasteiger partial charge in [-0.2, -0.15) is 0 Å². The van der Waals surface area contributed by atoms with Gasteiger partial charge in [-0.1, -0.05) is 23.9 Å². The van der Waals surface area contributed by atoms with Crippen molar-refractivity contribution in [1.82, 2.24) is 9.80 Å². The van der Waals surface area contributed by atoms with E-state index in [9.17, 15) is 9.59 Å². The van der Waals surface area contributed by atoms with Crippen molar-refractivity contribution in [3.05, 3.63) is 52.2 Å². The minimum Gasteiger partial charge on any atom is -0.497 e. The predicted molar refractivity (Wildman–Crippen MR) is 125 cm³/mol. The molecule has 0 radical (unpaired) electrons. The highest BCUT2D eigenvalue weighted by Gasteiger charge is 2.41. The van der Waals surface area contributed by atoms with E-state index in [1.807, 2.05) is 46.4 Å². The van der Waals surface area contributed by atoms with Crippen molar-refractivity contribution in [1.29, 1.82) is 0 Å². The summed E-state index contributed by atoms with van der Waals surface area (Å²) in [5.41, 5.74) is 2.81. The van der Waals surface area contributed by atoms with Gasteiger partial charge in [0.25, 0.3) is 0 Å². The van der Waals surface area contributed by atoms with E-state index in [2.05, 4.69) is 11.9 Å². The molecule has 1 saturated heterocycles. The van der Waals surface area contributed by atoms with Crippen LogP contribution < -0.4 is 4.74 Å². The molecule has 0 unspecified atom stereocenters. The first-order valence-electron chi connectivity index (χ1n) is 10.9. The fraction of sp³-hybridized carbons (Fsp3) is 0.458. The summed E-state index contributed by atoms with van der Waals surface area (Å²) >= 11 is 1.48. The lowest BCUT2D eigenvalue weighted by molar-refractivity contribution is -0.136. The van der Waals surface area contributed by atoms with Gasteiger partial charge < -0.3 is 19.3 Å². The third kappa shape index (κ3) is 4.16. The molecule has 0 spiro atoms. The fourth-order valence-corrected chi connectivity index (χ4v) is 5.56. The Labute approximate surface area is 193 Å². The van der Waals surface area contributed by atoms with Crippen LogP contribution in [0.4, 0.5) is 0 Å². The van der Waals surface area contributed by atoms with Crippen LogP contribution in [0.2, 0.25) is 0 Å². The van der Waals surface area contributed by atoms with Crippen LogP contribution >= 0.6 is 11.8 Å². The number of rotatable bonds is 5. The molecule has 1 fully saturated rings. The third-order valence-corrected chi connectivity index (χ3v) is 7.16. The highest BCUT2D eigenvalue weighted by atomic mass is 32.2. The van der Waals surface area contributed by atoms with Crippen LogP contribution in [0.25, 0.3) is 0 Å². The van der Waals surface area contributed by atoms with E-state index in [0.29, 0.717) is 17.0 Å². The van der Waals surface area contributed by atoms with Gasteiger partial charge in [-0.15, -0.1) is 0 Å². The second kappa shape index (κ2) is 9.40. The van der Waals surface area contributed by atoms with Crippen molar-refractivity contribution in [3.8, 4) is 5.75 Å². The molecule has 170 valence electrons. The van der Waals surface area contributed by atoms with Crippen molar-refractivity contribution in [2.45, 2.75) is 51.6 Å². The van der Waals surface area contributed by atoms with Crippen molar-refractivity contribution < 1.29 is 19.1 Å². The van der Waals surface area contributed by atoms with Gasteiger partial charge in [-0.25, -0.2) is 9.79 Å². The second-order valence-electron chi connectivity index (χ2n) is 8.27. The number of amides is 1. The van der Waals surface area contributed by atoms with Crippen LogP contribution in [0.1, 0.15) is 51.1 Å². The average Bonchev–Trinajstić information content (AvgIpc) is 3.19. The average molecular weight is 456 g/mol. The molecule has 1 amide bonds. The molecule has 8 heteroatoms. The summed E-state index contributed by atoms with van der Waals surface area (Å²) in [7, 11) is 2.99. The lowest BCUT2D eigenvalue weighted by atomic mass is 9.93. The van der Waals surface area contributed by atoms with Crippen LogP contribution in [0, 0.1) is 0 Å². The maximum Gasteiger partial charge on any atom is 0.338 e. The minimum absolute atomic E-state index is 0.112. The molecule has 3 aliphatic rings.